The van der Waals surface area contributed by atoms with Crippen molar-refractivity contribution < 1.29 is 9.84 Å². The number of hydrogen-bond acceptors (Lipinski definition) is 4. The number of rotatable bonds is 4. The Balaban J connectivity index is 2.89. The maximum Gasteiger partial charge on any atom is 0.219 e. The van der Waals surface area contributed by atoms with Crippen LogP contribution in [-0.2, 0) is 6.42 Å². The molecular weight excluding hydrogens is 180 g/mol. The summed E-state index contributed by atoms with van der Waals surface area (Å²) in [6.07, 6.45) is 1.61. The Bertz CT molecular complexity index is 300. The Hall–Kier alpha value is -1.16. The summed E-state index contributed by atoms with van der Waals surface area (Å²) in [6, 6.07) is 0. The van der Waals surface area contributed by atoms with E-state index in [9.17, 15) is 5.11 Å². The molecule has 0 bridgehead atoms. The van der Waals surface area contributed by atoms with Gasteiger partial charge in [-0.15, -0.1) is 0 Å². The molecule has 1 rings (SSSR count). The van der Waals surface area contributed by atoms with Crippen LogP contribution in [0, 0.1) is 6.92 Å². The average molecular weight is 196 g/mol. The lowest BCUT2D eigenvalue weighted by Crippen LogP contribution is -2.09. The molecule has 1 aromatic rings. The Morgan fingerprint density at radius 1 is 1.50 bits per heavy atom. The van der Waals surface area contributed by atoms with Crippen molar-refractivity contribution in [1.29, 1.82) is 0 Å². The summed E-state index contributed by atoms with van der Waals surface area (Å²) < 4.78 is 5.33. The Labute approximate surface area is 84.0 Å². The van der Waals surface area contributed by atoms with E-state index in [0.717, 1.165) is 11.3 Å². The molecule has 1 N–H and O–H groups in total. The first-order chi connectivity index (χ1) is 6.65. The monoisotopic (exact) mass is 196 g/mol. The first-order valence-corrected chi connectivity index (χ1v) is 4.76. The van der Waals surface area contributed by atoms with Crippen molar-refractivity contribution in [3.8, 4) is 5.88 Å². The molecular formula is C10H16N2O2. The molecule has 0 fully saturated rings. The highest BCUT2D eigenvalue weighted by Crippen LogP contribution is 2.17. The smallest absolute Gasteiger partial charge is 0.219 e. The van der Waals surface area contributed by atoms with Crippen molar-refractivity contribution in [3.05, 3.63) is 17.6 Å². The van der Waals surface area contributed by atoms with Crippen LogP contribution in [0.5, 0.6) is 5.88 Å². The fraction of sp³-hybridized carbons (Fsp3) is 0.600. The predicted molar refractivity (Wildman–Crippen MR) is 53.3 cm³/mol. The van der Waals surface area contributed by atoms with Gasteiger partial charge in [0.2, 0.25) is 5.88 Å². The zero-order chi connectivity index (χ0) is 10.6. The molecule has 78 valence electrons. The SMILES string of the molecule is CCOc1ncnc(CC(C)O)c1C. The summed E-state index contributed by atoms with van der Waals surface area (Å²) in [5.74, 6) is 0.609. The van der Waals surface area contributed by atoms with E-state index >= 15 is 0 Å². The molecule has 1 atom stereocenters. The summed E-state index contributed by atoms with van der Waals surface area (Å²) in [7, 11) is 0. The van der Waals surface area contributed by atoms with Gasteiger partial charge in [-0.05, 0) is 20.8 Å². The molecule has 0 saturated heterocycles. The van der Waals surface area contributed by atoms with Gasteiger partial charge in [0.1, 0.15) is 6.33 Å². The third-order valence-corrected chi connectivity index (χ3v) is 1.91. The molecule has 0 spiro atoms. The van der Waals surface area contributed by atoms with Crippen LogP contribution in [0.1, 0.15) is 25.1 Å². The normalized spacial score (nSPS) is 12.6. The molecule has 14 heavy (non-hydrogen) atoms. The van der Waals surface area contributed by atoms with Crippen LogP contribution in [0.2, 0.25) is 0 Å². The van der Waals surface area contributed by atoms with Gasteiger partial charge in [0.15, 0.2) is 0 Å². The Morgan fingerprint density at radius 2 is 2.21 bits per heavy atom. The third kappa shape index (κ3) is 2.67. The van der Waals surface area contributed by atoms with Gasteiger partial charge in [0.05, 0.1) is 18.4 Å². The highest BCUT2D eigenvalue weighted by molar-refractivity contribution is 5.28. The van der Waals surface area contributed by atoms with Crippen molar-refractivity contribution in [2.45, 2.75) is 33.3 Å². The summed E-state index contributed by atoms with van der Waals surface area (Å²) in [6.45, 7) is 6.15. The van der Waals surface area contributed by atoms with Crippen molar-refractivity contribution >= 4 is 0 Å². The van der Waals surface area contributed by atoms with E-state index in [0.29, 0.717) is 18.9 Å². The number of aromatic nitrogens is 2. The molecule has 4 nitrogen and oxygen atoms in total. The maximum atomic E-state index is 9.25. The van der Waals surface area contributed by atoms with Crippen molar-refractivity contribution in [2.24, 2.45) is 0 Å². The van der Waals surface area contributed by atoms with Gasteiger partial charge in [-0.3, -0.25) is 0 Å². The third-order valence-electron chi connectivity index (χ3n) is 1.91. The zero-order valence-electron chi connectivity index (χ0n) is 8.82. The van der Waals surface area contributed by atoms with Gasteiger partial charge >= 0.3 is 0 Å². The molecule has 0 radical (unpaired) electrons. The van der Waals surface area contributed by atoms with Crippen molar-refractivity contribution in [2.75, 3.05) is 6.61 Å². The van der Waals surface area contributed by atoms with E-state index in [1.54, 1.807) is 6.92 Å². The van der Waals surface area contributed by atoms with Crippen molar-refractivity contribution in [3.63, 3.8) is 0 Å². The first kappa shape index (κ1) is 10.9. The molecule has 0 aliphatic heterocycles. The van der Waals surface area contributed by atoms with E-state index in [-0.39, 0.29) is 0 Å². The van der Waals surface area contributed by atoms with Crippen LogP contribution in [0.25, 0.3) is 0 Å². The van der Waals surface area contributed by atoms with Crippen LogP contribution in [-0.4, -0.2) is 27.8 Å². The van der Waals surface area contributed by atoms with Crippen LogP contribution in [0.15, 0.2) is 6.33 Å². The topological polar surface area (TPSA) is 55.2 Å². The molecule has 0 aliphatic rings. The van der Waals surface area contributed by atoms with Gasteiger partial charge in [-0.1, -0.05) is 0 Å². The first-order valence-electron chi connectivity index (χ1n) is 4.76. The second kappa shape index (κ2) is 4.91. The molecule has 0 saturated carbocycles. The van der Waals surface area contributed by atoms with E-state index in [2.05, 4.69) is 9.97 Å². The summed E-state index contributed by atoms with van der Waals surface area (Å²) in [5, 5.41) is 9.25. The molecule has 0 aromatic carbocycles. The van der Waals surface area contributed by atoms with Gasteiger partial charge in [0, 0.05) is 12.0 Å². The molecule has 4 heteroatoms. The Morgan fingerprint density at radius 3 is 2.79 bits per heavy atom. The number of nitrogens with zero attached hydrogens (tertiary/aromatic N) is 2. The zero-order valence-corrected chi connectivity index (χ0v) is 8.82. The highest BCUT2D eigenvalue weighted by atomic mass is 16.5. The molecule has 1 aromatic heterocycles. The number of aliphatic hydroxyl groups is 1. The minimum absolute atomic E-state index is 0.391. The number of aliphatic hydroxyl groups excluding tert-OH is 1. The standard InChI is InChI=1S/C10H16N2O2/c1-4-14-10-8(3)9(5-7(2)13)11-6-12-10/h6-7,13H,4-5H2,1-3H3. The van der Waals surface area contributed by atoms with Crippen LogP contribution >= 0.6 is 0 Å². The second-order valence-corrected chi connectivity index (χ2v) is 3.24. The predicted octanol–water partition coefficient (Wildman–Crippen LogP) is 1.11. The summed E-state index contributed by atoms with van der Waals surface area (Å²) in [5.41, 5.74) is 1.76. The van der Waals surface area contributed by atoms with E-state index in [1.165, 1.54) is 6.33 Å². The minimum Gasteiger partial charge on any atom is -0.478 e. The van der Waals surface area contributed by atoms with Crippen LogP contribution in [0.3, 0.4) is 0 Å². The van der Waals surface area contributed by atoms with E-state index < -0.39 is 6.10 Å². The second-order valence-electron chi connectivity index (χ2n) is 3.24. The molecule has 0 amide bonds. The van der Waals surface area contributed by atoms with Gasteiger partial charge < -0.3 is 9.84 Å². The van der Waals surface area contributed by atoms with Crippen LogP contribution < -0.4 is 4.74 Å². The highest BCUT2D eigenvalue weighted by Gasteiger charge is 2.09. The number of hydrogen-bond donors (Lipinski definition) is 1. The molecule has 1 heterocycles. The van der Waals surface area contributed by atoms with Gasteiger partial charge in [-0.2, -0.15) is 0 Å². The van der Waals surface area contributed by atoms with Crippen LogP contribution in [0.4, 0.5) is 0 Å². The quantitative estimate of drug-likeness (QED) is 0.783. The minimum atomic E-state index is -0.391. The fourth-order valence-electron chi connectivity index (χ4n) is 1.24. The lowest BCUT2D eigenvalue weighted by atomic mass is 10.1. The van der Waals surface area contributed by atoms with Crippen molar-refractivity contribution in [1.82, 2.24) is 9.97 Å². The maximum absolute atomic E-state index is 9.25. The van der Waals surface area contributed by atoms with E-state index in [4.69, 9.17) is 4.74 Å². The lowest BCUT2D eigenvalue weighted by molar-refractivity contribution is 0.193. The Kier molecular flexibility index (Phi) is 3.83. The van der Waals surface area contributed by atoms with Gasteiger partial charge in [0.25, 0.3) is 0 Å². The fourth-order valence-corrected chi connectivity index (χ4v) is 1.24. The molecule has 1 unspecified atom stereocenters. The summed E-state index contributed by atoms with van der Waals surface area (Å²) in [4.78, 5) is 8.13. The average Bonchev–Trinajstić information content (AvgIpc) is 2.11. The lowest BCUT2D eigenvalue weighted by Gasteiger charge is -2.10. The molecule has 0 aliphatic carbocycles. The van der Waals surface area contributed by atoms with E-state index in [1.807, 2.05) is 13.8 Å². The summed E-state index contributed by atoms with van der Waals surface area (Å²) >= 11 is 0. The number of ether oxygens (including phenoxy) is 1. The van der Waals surface area contributed by atoms with Gasteiger partial charge in [-0.25, -0.2) is 9.97 Å². The largest absolute Gasteiger partial charge is 0.478 e.